The van der Waals surface area contributed by atoms with Gasteiger partial charge in [-0.2, -0.15) is 0 Å². The molecule has 0 spiro atoms. The zero-order chi connectivity index (χ0) is 27.1. The summed E-state index contributed by atoms with van der Waals surface area (Å²) >= 11 is 0. The van der Waals surface area contributed by atoms with E-state index in [1.165, 1.54) is 0 Å². The molecule has 200 valence electrons. The van der Waals surface area contributed by atoms with Gasteiger partial charge in [0.25, 0.3) is 5.91 Å². The van der Waals surface area contributed by atoms with Gasteiger partial charge in [-0.05, 0) is 50.9 Å². The van der Waals surface area contributed by atoms with E-state index in [1.54, 1.807) is 41.5 Å². The first-order chi connectivity index (χ1) is 15.9. The molecular weight excluding hydrogens is 452 g/mol. The van der Waals surface area contributed by atoms with Gasteiger partial charge in [0.15, 0.2) is 0 Å². The van der Waals surface area contributed by atoms with Gasteiger partial charge in [-0.1, -0.05) is 53.9 Å². The van der Waals surface area contributed by atoms with E-state index in [-0.39, 0.29) is 11.8 Å². The second-order valence-corrected chi connectivity index (χ2v) is 12.0. The highest BCUT2D eigenvalue weighted by Crippen LogP contribution is 2.30. The number of nitrogens with one attached hydrogen (secondary N) is 3. The quantitative estimate of drug-likeness (QED) is 0.321. The second-order valence-electron chi connectivity index (χ2n) is 12.0. The molecule has 0 bridgehead atoms. The van der Waals surface area contributed by atoms with Crippen LogP contribution in [0.2, 0.25) is 0 Å². The summed E-state index contributed by atoms with van der Waals surface area (Å²) in [6.07, 6.45) is 2.77. The van der Waals surface area contributed by atoms with Crippen molar-refractivity contribution >= 4 is 29.6 Å². The summed E-state index contributed by atoms with van der Waals surface area (Å²) in [6.45, 7) is 14.3. The smallest absolute Gasteiger partial charge is 0.408 e. The number of nitrogens with two attached hydrogens (primary N) is 1. The van der Waals surface area contributed by atoms with Gasteiger partial charge < -0.3 is 26.4 Å². The number of hydrogen-bond donors (Lipinski definition) is 4. The Morgan fingerprint density at radius 2 is 1.43 bits per heavy atom. The average molecular weight is 497 g/mol. The Labute approximate surface area is 208 Å². The maximum atomic E-state index is 13.2. The van der Waals surface area contributed by atoms with Crippen molar-refractivity contribution in [3.8, 4) is 0 Å². The van der Waals surface area contributed by atoms with Crippen molar-refractivity contribution in [2.75, 3.05) is 0 Å². The Balaban J connectivity index is 3.04. The molecule has 0 heterocycles. The molecule has 1 aliphatic carbocycles. The third kappa shape index (κ3) is 10.7. The molecule has 0 aromatic heterocycles. The van der Waals surface area contributed by atoms with Crippen LogP contribution in [-0.4, -0.2) is 53.3 Å². The molecule has 0 radical (unpaired) electrons. The Morgan fingerprint density at radius 1 is 0.886 bits per heavy atom. The van der Waals surface area contributed by atoms with Gasteiger partial charge >= 0.3 is 6.09 Å². The van der Waals surface area contributed by atoms with Gasteiger partial charge in [0.1, 0.15) is 17.7 Å². The van der Waals surface area contributed by atoms with Gasteiger partial charge in [0.05, 0.1) is 6.04 Å². The summed E-state index contributed by atoms with van der Waals surface area (Å²) in [5.74, 6) is -2.80. The molecule has 10 heteroatoms. The average Bonchev–Trinajstić information content (AvgIpc) is 2.63. The molecule has 1 aliphatic rings. The van der Waals surface area contributed by atoms with Gasteiger partial charge in [-0.3, -0.25) is 19.2 Å². The van der Waals surface area contributed by atoms with E-state index in [4.69, 9.17) is 10.5 Å². The SMILES string of the molecule is CC(C)C[C@H](NC(=O)C(NC(=O)OC(C)(C)C)C(C)(C)C)C(=O)N[C@@H](CC1CCC1)C(=O)C(N)=O. The van der Waals surface area contributed by atoms with Gasteiger partial charge in [0, 0.05) is 0 Å². The number of carbonyl (C=O) groups excluding carboxylic acids is 5. The lowest BCUT2D eigenvalue weighted by Crippen LogP contribution is -2.59. The lowest BCUT2D eigenvalue weighted by atomic mass is 9.80. The molecule has 1 rings (SSSR count). The molecule has 10 nitrogen and oxygen atoms in total. The Kier molecular flexibility index (Phi) is 10.7. The number of carbonyl (C=O) groups is 5. The van der Waals surface area contributed by atoms with Crippen molar-refractivity contribution in [1.82, 2.24) is 16.0 Å². The second kappa shape index (κ2) is 12.4. The Morgan fingerprint density at radius 3 is 1.83 bits per heavy atom. The first-order valence-electron chi connectivity index (χ1n) is 12.3. The third-order valence-electron chi connectivity index (χ3n) is 5.80. The molecule has 4 amide bonds. The van der Waals surface area contributed by atoms with Gasteiger partial charge in [0.2, 0.25) is 17.6 Å². The molecule has 1 unspecified atom stereocenters. The Hall–Kier alpha value is -2.65. The van der Waals surface area contributed by atoms with E-state index >= 15 is 0 Å². The first kappa shape index (κ1) is 30.4. The minimum atomic E-state index is -1.10. The van der Waals surface area contributed by atoms with E-state index < -0.39 is 58.7 Å². The van der Waals surface area contributed by atoms with E-state index in [9.17, 15) is 24.0 Å². The number of hydrogen-bond acceptors (Lipinski definition) is 6. The summed E-state index contributed by atoms with van der Waals surface area (Å²) in [6, 6.07) is -3.00. The van der Waals surface area contributed by atoms with Crippen LogP contribution in [-0.2, 0) is 23.9 Å². The topological polar surface area (TPSA) is 157 Å². The van der Waals surface area contributed by atoms with Crippen LogP contribution in [0.1, 0.15) is 87.5 Å². The predicted octanol–water partition coefficient (Wildman–Crippen LogP) is 2.19. The normalized spacial score (nSPS) is 16.9. The lowest BCUT2D eigenvalue weighted by molar-refractivity contribution is -0.139. The van der Waals surface area contributed by atoms with E-state index in [0.29, 0.717) is 12.8 Å². The van der Waals surface area contributed by atoms with Crippen LogP contribution >= 0.6 is 0 Å². The van der Waals surface area contributed by atoms with Crippen molar-refractivity contribution in [3.05, 3.63) is 0 Å². The van der Waals surface area contributed by atoms with Crippen molar-refractivity contribution in [1.29, 1.82) is 0 Å². The molecule has 1 saturated carbocycles. The molecular formula is C25H44N4O6. The van der Waals surface area contributed by atoms with Gasteiger partial charge in [-0.15, -0.1) is 0 Å². The summed E-state index contributed by atoms with van der Waals surface area (Å²) in [4.78, 5) is 62.7. The number of rotatable bonds is 11. The van der Waals surface area contributed by atoms with Crippen LogP contribution in [0.4, 0.5) is 4.79 Å². The summed E-state index contributed by atoms with van der Waals surface area (Å²) in [5, 5.41) is 7.98. The number of Topliss-reactive ketones (excluding diaryl/α,β-unsaturated/α-hetero) is 1. The zero-order valence-electron chi connectivity index (χ0n) is 22.4. The number of alkyl carbamates (subject to hydrolysis) is 1. The maximum absolute atomic E-state index is 13.2. The number of primary amides is 1. The van der Waals surface area contributed by atoms with Crippen LogP contribution in [0.25, 0.3) is 0 Å². The number of amides is 4. The third-order valence-corrected chi connectivity index (χ3v) is 5.80. The summed E-state index contributed by atoms with van der Waals surface area (Å²) in [7, 11) is 0. The van der Waals surface area contributed by atoms with Crippen LogP contribution in [0, 0.1) is 17.3 Å². The van der Waals surface area contributed by atoms with Crippen LogP contribution in [0.15, 0.2) is 0 Å². The largest absolute Gasteiger partial charge is 0.444 e. The fourth-order valence-electron chi connectivity index (χ4n) is 3.80. The molecule has 35 heavy (non-hydrogen) atoms. The van der Waals surface area contributed by atoms with E-state index in [0.717, 1.165) is 19.3 Å². The van der Waals surface area contributed by atoms with Crippen molar-refractivity contribution in [2.24, 2.45) is 23.0 Å². The van der Waals surface area contributed by atoms with E-state index in [1.807, 2.05) is 13.8 Å². The molecule has 0 aromatic carbocycles. The van der Waals surface area contributed by atoms with Crippen molar-refractivity contribution in [2.45, 2.75) is 111 Å². The predicted molar refractivity (Wildman–Crippen MR) is 132 cm³/mol. The molecule has 0 saturated heterocycles. The number of ketones is 1. The zero-order valence-corrected chi connectivity index (χ0v) is 22.4. The molecule has 3 atom stereocenters. The standard InChI is InChI=1S/C25H44N4O6/c1-14(2)12-17(21(32)27-16(18(30)20(26)31)13-15-10-9-11-15)28-22(33)19(24(3,4)5)29-23(34)35-25(6,7)8/h14-17,19H,9-13H2,1-8H3,(H2,26,31)(H,27,32)(H,28,33)(H,29,34)/t16-,17-,19?/m0/s1. The van der Waals surface area contributed by atoms with Crippen LogP contribution in [0.3, 0.4) is 0 Å². The first-order valence-corrected chi connectivity index (χ1v) is 12.3. The fraction of sp³-hybridized carbons (Fsp3) is 0.800. The summed E-state index contributed by atoms with van der Waals surface area (Å²) in [5.41, 5.74) is 3.77. The molecule has 1 fully saturated rings. The molecule has 0 aromatic rings. The van der Waals surface area contributed by atoms with Gasteiger partial charge in [-0.25, -0.2) is 4.79 Å². The monoisotopic (exact) mass is 496 g/mol. The van der Waals surface area contributed by atoms with Crippen LogP contribution in [0.5, 0.6) is 0 Å². The Bertz CT molecular complexity index is 793. The van der Waals surface area contributed by atoms with Crippen LogP contribution < -0.4 is 21.7 Å². The summed E-state index contributed by atoms with van der Waals surface area (Å²) < 4.78 is 5.29. The minimum Gasteiger partial charge on any atom is -0.444 e. The van der Waals surface area contributed by atoms with Crippen molar-refractivity contribution < 1.29 is 28.7 Å². The minimum absolute atomic E-state index is 0.0369. The molecule has 0 aliphatic heterocycles. The fourth-order valence-corrected chi connectivity index (χ4v) is 3.80. The molecule has 5 N–H and O–H groups in total. The lowest BCUT2D eigenvalue weighted by Gasteiger charge is -2.33. The maximum Gasteiger partial charge on any atom is 0.408 e. The number of ether oxygens (including phenoxy) is 1. The van der Waals surface area contributed by atoms with E-state index in [2.05, 4.69) is 16.0 Å². The highest BCUT2D eigenvalue weighted by atomic mass is 16.6. The van der Waals surface area contributed by atoms with Crippen molar-refractivity contribution in [3.63, 3.8) is 0 Å². The highest BCUT2D eigenvalue weighted by molar-refractivity contribution is 6.37. The highest BCUT2D eigenvalue weighted by Gasteiger charge is 2.37.